The van der Waals surface area contributed by atoms with E-state index in [4.69, 9.17) is 4.74 Å². The number of ether oxygens (including phenoxy) is 1. The first-order valence-electron chi connectivity index (χ1n) is 5.70. The van der Waals surface area contributed by atoms with E-state index in [9.17, 15) is 15.0 Å². The first kappa shape index (κ1) is 11.3. The summed E-state index contributed by atoms with van der Waals surface area (Å²) < 4.78 is 5.45. The molecule has 2 aromatic rings. The van der Waals surface area contributed by atoms with E-state index < -0.39 is 0 Å². The van der Waals surface area contributed by atoms with Gasteiger partial charge in [0.15, 0.2) is 5.76 Å². The molecule has 94 valence electrons. The average molecular weight is 254 g/mol. The third-order valence-corrected chi connectivity index (χ3v) is 2.84. The Morgan fingerprint density at radius 2 is 1.63 bits per heavy atom. The Labute approximate surface area is 109 Å². The van der Waals surface area contributed by atoms with Crippen molar-refractivity contribution < 1.29 is 19.7 Å². The number of rotatable bonds is 1. The molecular weight excluding hydrogens is 244 g/mol. The molecule has 1 aliphatic rings. The van der Waals surface area contributed by atoms with Gasteiger partial charge in [-0.25, -0.2) is 0 Å². The van der Waals surface area contributed by atoms with E-state index in [-0.39, 0.29) is 23.0 Å². The van der Waals surface area contributed by atoms with Crippen molar-refractivity contribution in [3.63, 3.8) is 0 Å². The van der Waals surface area contributed by atoms with Crippen LogP contribution in [0.3, 0.4) is 0 Å². The van der Waals surface area contributed by atoms with Crippen molar-refractivity contribution in [2.75, 3.05) is 0 Å². The third-order valence-electron chi connectivity index (χ3n) is 2.84. The van der Waals surface area contributed by atoms with Gasteiger partial charge in [-0.2, -0.15) is 0 Å². The number of carbonyl (C=O) groups is 1. The molecule has 0 spiro atoms. The summed E-state index contributed by atoms with van der Waals surface area (Å²) in [4.78, 5) is 12.1. The van der Waals surface area contributed by atoms with Gasteiger partial charge >= 0.3 is 0 Å². The summed E-state index contributed by atoms with van der Waals surface area (Å²) in [5.41, 5.74) is 1.10. The number of hydrogen-bond acceptors (Lipinski definition) is 4. The Kier molecular flexibility index (Phi) is 2.49. The molecule has 0 unspecified atom stereocenters. The number of ketones is 1. The molecule has 0 saturated heterocycles. The normalized spacial score (nSPS) is 15.4. The van der Waals surface area contributed by atoms with Crippen LogP contribution in [0.5, 0.6) is 17.2 Å². The number of phenolic OH excluding ortho intramolecular Hbond substituents is 2. The molecule has 0 saturated carbocycles. The standard InChI is InChI=1S/C15H10O4/c16-10-3-1-9(2-4-10)7-14-15(18)12-8-11(17)5-6-13(12)19-14/h1-8,16-17H/b14-7-. The second-order valence-corrected chi connectivity index (χ2v) is 4.21. The molecule has 0 aromatic heterocycles. The minimum absolute atomic E-state index is 0.0292. The fourth-order valence-electron chi connectivity index (χ4n) is 1.90. The molecule has 0 amide bonds. The predicted octanol–water partition coefficient (Wildman–Crippen LogP) is 2.71. The lowest BCUT2D eigenvalue weighted by atomic mass is 10.1. The van der Waals surface area contributed by atoms with Crippen LogP contribution in [0.1, 0.15) is 15.9 Å². The summed E-state index contributed by atoms with van der Waals surface area (Å²) in [6, 6.07) is 10.8. The Hall–Kier alpha value is -2.75. The number of allylic oxidation sites excluding steroid dienone is 1. The molecule has 2 aromatic carbocycles. The van der Waals surface area contributed by atoms with E-state index in [2.05, 4.69) is 0 Å². The Morgan fingerprint density at radius 1 is 0.947 bits per heavy atom. The molecule has 0 fully saturated rings. The van der Waals surface area contributed by atoms with Crippen molar-refractivity contribution in [2.45, 2.75) is 0 Å². The summed E-state index contributed by atoms with van der Waals surface area (Å²) in [6.45, 7) is 0. The van der Waals surface area contributed by atoms with E-state index in [1.54, 1.807) is 24.3 Å². The second-order valence-electron chi connectivity index (χ2n) is 4.21. The highest BCUT2D eigenvalue weighted by Gasteiger charge is 2.27. The molecule has 0 atom stereocenters. The van der Waals surface area contributed by atoms with Gasteiger partial charge in [0.25, 0.3) is 0 Å². The number of carbonyl (C=O) groups excluding carboxylic acids is 1. The molecule has 1 aliphatic heterocycles. The maximum atomic E-state index is 12.1. The van der Waals surface area contributed by atoms with Crippen LogP contribution < -0.4 is 4.74 Å². The maximum Gasteiger partial charge on any atom is 0.232 e. The van der Waals surface area contributed by atoms with Crippen molar-refractivity contribution in [1.29, 1.82) is 0 Å². The lowest BCUT2D eigenvalue weighted by molar-refractivity contribution is 0.101. The third kappa shape index (κ3) is 2.04. The van der Waals surface area contributed by atoms with E-state index in [1.165, 1.54) is 24.3 Å². The van der Waals surface area contributed by atoms with Gasteiger partial charge in [-0.15, -0.1) is 0 Å². The van der Waals surface area contributed by atoms with Gasteiger partial charge in [-0.3, -0.25) is 4.79 Å². The van der Waals surface area contributed by atoms with Crippen molar-refractivity contribution in [3.05, 3.63) is 59.4 Å². The van der Waals surface area contributed by atoms with Gasteiger partial charge in [0, 0.05) is 0 Å². The predicted molar refractivity (Wildman–Crippen MR) is 69.1 cm³/mol. The van der Waals surface area contributed by atoms with Crippen LogP contribution in [0.15, 0.2) is 48.2 Å². The summed E-state index contributed by atoms with van der Waals surface area (Å²) in [6.07, 6.45) is 1.60. The molecular formula is C15H10O4. The SMILES string of the molecule is O=C1/C(=C/c2ccc(O)cc2)Oc2ccc(O)cc21. The smallest absolute Gasteiger partial charge is 0.232 e. The number of phenols is 2. The van der Waals surface area contributed by atoms with Crippen molar-refractivity contribution >= 4 is 11.9 Å². The van der Waals surface area contributed by atoms with E-state index in [1.807, 2.05) is 0 Å². The fourth-order valence-corrected chi connectivity index (χ4v) is 1.90. The fraction of sp³-hybridized carbons (Fsp3) is 0. The van der Waals surface area contributed by atoms with Crippen molar-refractivity contribution in [2.24, 2.45) is 0 Å². The van der Waals surface area contributed by atoms with Crippen LogP contribution in [-0.2, 0) is 0 Å². The van der Waals surface area contributed by atoms with E-state index in [0.29, 0.717) is 11.3 Å². The molecule has 3 rings (SSSR count). The largest absolute Gasteiger partial charge is 0.508 e. The zero-order chi connectivity index (χ0) is 13.4. The first-order chi connectivity index (χ1) is 9.13. The summed E-state index contributed by atoms with van der Waals surface area (Å²) in [5, 5.41) is 18.6. The molecule has 4 nitrogen and oxygen atoms in total. The lowest BCUT2D eigenvalue weighted by Gasteiger charge is -1.98. The highest BCUT2D eigenvalue weighted by atomic mass is 16.5. The van der Waals surface area contributed by atoms with Crippen LogP contribution in [0.2, 0.25) is 0 Å². The van der Waals surface area contributed by atoms with Gasteiger partial charge < -0.3 is 14.9 Å². The lowest BCUT2D eigenvalue weighted by Crippen LogP contribution is -1.97. The first-order valence-corrected chi connectivity index (χ1v) is 5.70. The second kappa shape index (κ2) is 4.17. The molecule has 2 N–H and O–H groups in total. The highest BCUT2D eigenvalue weighted by Crippen LogP contribution is 2.34. The van der Waals surface area contributed by atoms with Crippen molar-refractivity contribution in [3.8, 4) is 17.2 Å². The molecule has 0 aliphatic carbocycles. The molecule has 0 radical (unpaired) electrons. The molecule has 4 heteroatoms. The van der Waals surface area contributed by atoms with Crippen LogP contribution in [0.25, 0.3) is 6.08 Å². The summed E-state index contributed by atoms with van der Waals surface area (Å²) >= 11 is 0. The van der Waals surface area contributed by atoms with Crippen LogP contribution in [0.4, 0.5) is 0 Å². The van der Waals surface area contributed by atoms with Gasteiger partial charge in [-0.05, 0) is 42.0 Å². The van der Waals surface area contributed by atoms with Crippen LogP contribution in [0, 0.1) is 0 Å². The number of hydrogen-bond donors (Lipinski definition) is 2. The Bertz CT molecular complexity index is 684. The molecule has 1 heterocycles. The minimum atomic E-state index is -0.265. The zero-order valence-electron chi connectivity index (χ0n) is 9.83. The van der Waals surface area contributed by atoms with Gasteiger partial charge in [0.1, 0.15) is 17.2 Å². The van der Waals surface area contributed by atoms with Crippen LogP contribution in [-0.4, -0.2) is 16.0 Å². The maximum absolute atomic E-state index is 12.1. The van der Waals surface area contributed by atoms with Gasteiger partial charge in [0.05, 0.1) is 5.56 Å². The zero-order valence-corrected chi connectivity index (χ0v) is 9.83. The summed E-state index contributed by atoms with van der Waals surface area (Å²) in [7, 11) is 0. The summed E-state index contributed by atoms with van der Waals surface area (Å²) in [5.74, 6) is 0.564. The monoisotopic (exact) mass is 254 g/mol. The minimum Gasteiger partial charge on any atom is -0.508 e. The average Bonchev–Trinajstić information content (AvgIpc) is 2.70. The number of Topliss-reactive ketones (excluding diaryl/α,β-unsaturated/α-hetero) is 1. The topological polar surface area (TPSA) is 66.8 Å². The van der Waals surface area contributed by atoms with Gasteiger partial charge in [-0.1, -0.05) is 12.1 Å². The van der Waals surface area contributed by atoms with Gasteiger partial charge in [0.2, 0.25) is 5.78 Å². The molecule has 0 bridgehead atoms. The van der Waals surface area contributed by atoms with E-state index in [0.717, 1.165) is 5.56 Å². The molecule has 19 heavy (non-hydrogen) atoms. The quantitative estimate of drug-likeness (QED) is 0.768. The Balaban J connectivity index is 1.97. The number of benzene rings is 2. The highest BCUT2D eigenvalue weighted by molar-refractivity contribution is 6.14. The number of aromatic hydroxyl groups is 2. The van der Waals surface area contributed by atoms with E-state index >= 15 is 0 Å². The number of fused-ring (bicyclic) bond motifs is 1. The van der Waals surface area contributed by atoms with Crippen molar-refractivity contribution in [1.82, 2.24) is 0 Å². The Morgan fingerprint density at radius 3 is 2.37 bits per heavy atom. The van der Waals surface area contributed by atoms with Crippen LogP contribution >= 0.6 is 0 Å².